The van der Waals surface area contributed by atoms with Gasteiger partial charge < -0.3 is 4.90 Å². The van der Waals surface area contributed by atoms with Crippen LogP contribution < -0.4 is 4.90 Å². The van der Waals surface area contributed by atoms with Crippen molar-refractivity contribution in [3.05, 3.63) is 51.9 Å². The number of halogens is 1. The fraction of sp³-hybridized carbons (Fsp3) is 0.300. The van der Waals surface area contributed by atoms with Crippen LogP contribution in [0.15, 0.2) is 35.8 Å². The Labute approximate surface area is 163 Å². The summed E-state index contributed by atoms with van der Waals surface area (Å²) in [7, 11) is 2.04. The third kappa shape index (κ3) is 3.10. The zero-order valence-electron chi connectivity index (χ0n) is 15.3. The van der Waals surface area contributed by atoms with Gasteiger partial charge in [0.2, 0.25) is 0 Å². The number of rotatable bonds is 3. The van der Waals surface area contributed by atoms with Crippen LogP contribution in [0.4, 0.5) is 10.5 Å². The Bertz CT molecular complexity index is 886. The summed E-state index contributed by atoms with van der Waals surface area (Å²) in [5.74, 6) is -0.306. The molecule has 2 aliphatic heterocycles. The molecule has 0 radical (unpaired) electrons. The molecule has 0 atom stereocenters. The number of allylic oxidation sites excluding steroid dienone is 1. The largest absolute Gasteiger partial charge is 0.365 e. The molecule has 0 aromatic heterocycles. The Morgan fingerprint density at radius 3 is 2.65 bits per heavy atom. The first kappa shape index (κ1) is 18.8. The van der Waals surface area contributed by atoms with Gasteiger partial charge in [0.1, 0.15) is 0 Å². The Balaban J connectivity index is 2.04. The maximum absolute atomic E-state index is 12.4. The monoisotopic (exact) mass is 388 g/mol. The van der Waals surface area contributed by atoms with Gasteiger partial charge in [-0.3, -0.25) is 14.5 Å². The number of nitrogens with zero attached hydrogens (tertiary/aromatic N) is 2. The van der Waals surface area contributed by atoms with E-state index in [4.69, 9.17) is 11.6 Å². The molecule has 0 N–H and O–H groups in total. The molecule has 1 aromatic carbocycles. The van der Waals surface area contributed by atoms with Crippen molar-refractivity contribution in [3.63, 3.8) is 0 Å². The van der Waals surface area contributed by atoms with E-state index in [9.17, 15) is 9.59 Å². The molecular weight excluding hydrogens is 368 g/mol. The number of fused-ring (bicyclic) bond motifs is 1. The average Bonchev–Trinajstić information content (AvgIpc) is 2.82. The highest BCUT2D eigenvalue weighted by Gasteiger charge is 2.34. The first-order chi connectivity index (χ1) is 12.2. The lowest BCUT2D eigenvalue weighted by atomic mass is 9.88. The van der Waals surface area contributed by atoms with Gasteiger partial charge in [0, 0.05) is 29.9 Å². The lowest BCUT2D eigenvalue weighted by molar-refractivity contribution is -0.122. The summed E-state index contributed by atoms with van der Waals surface area (Å²) in [6.45, 7) is 10.2. The molecule has 2 amide bonds. The minimum absolute atomic E-state index is 0.102. The predicted molar refractivity (Wildman–Crippen MR) is 110 cm³/mol. The maximum Gasteiger partial charge on any atom is 0.293 e. The fourth-order valence-corrected chi connectivity index (χ4v) is 4.28. The predicted octanol–water partition coefficient (Wildman–Crippen LogP) is 5.19. The summed E-state index contributed by atoms with van der Waals surface area (Å²) < 4.78 is 0. The van der Waals surface area contributed by atoms with Crippen LogP contribution >= 0.6 is 23.4 Å². The van der Waals surface area contributed by atoms with Crippen LogP contribution in [0.1, 0.15) is 31.9 Å². The van der Waals surface area contributed by atoms with Gasteiger partial charge in [0.15, 0.2) is 0 Å². The molecule has 0 unspecified atom stereocenters. The van der Waals surface area contributed by atoms with Crippen LogP contribution in [0.25, 0.3) is 11.6 Å². The summed E-state index contributed by atoms with van der Waals surface area (Å²) in [6.07, 6.45) is 5.45. The quantitative estimate of drug-likeness (QED) is 0.527. The first-order valence-corrected chi connectivity index (χ1v) is 9.48. The van der Waals surface area contributed by atoms with E-state index in [0.29, 0.717) is 9.93 Å². The molecule has 1 saturated heterocycles. The molecular formula is C20H21ClN2O2S. The van der Waals surface area contributed by atoms with Crippen LogP contribution in [0, 0.1) is 0 Å². The topological polar surface area (TPSA) is 40.6 Å². The van der Waals surface area contributed by atoms with Crippen LogP contribution in [-0.2, 0) is 4.79 Å². The average molecular weight is 389 g/mol. The minimum Gasteiger partial charge on any atom is -0.365 e. The van der Waals surface area contributed by atoms with Gasteiger partial charge in [-0.1, -0.05) is 23.8 Å². The van der Waals surface area contributed by atoms with Crippen molar-refractivity contribution in [2.45, 2.75) is 26.3 Å². The van der Waals surface area contributed by atoms with Crippen molar-refractivity contribution in [1.82, 2.24) is 4.90 Å². The van der Waals surface area contributed by atoms with Crippen molar-refractivity contribution in [3.8, 4) is 0 Å². The number of anilines is 1. The number of hydrogen-bond acceptors (Lipinski definition) is 4. The van der Waals surface area contributed by atoms with Gasteiger partial charge in [0.05, 0.1) is 10.4 Å². The van der Waals surface area contributed by atoms with Gasteiger partial charge >= 0.3 is 0 Å². The maximum atomic E-state index is 12.4. The van der Waals surface area contributed by atoms with Crippen LogP contribution in [0.3, 0.4) is 0 Å². The molecule has 0 saturated carbocycles. The summed E-state index contributed by atoms with van der Waals surface area (Å²) in [4.78, 5) is 28.1. The second-order valence-electron chi connectivity index (χ2n) is 7.01. The van der Waals surface area contributed by atoms with Crippen LogP contribution in [-0.4, -0.2) is 35.2 Å². The normalized spacial score (nSPS) is 20.5. The zero-order chi connectivity index (χ0) is 19.2. The molecule has 26 heavy (non-hydrogen) atoms. The van der Waals surface area contributed by atoms with E-state index in [2.05, 4.69) is 38.3 Å². The highest BCUT2D eigenvalue weighted by molar-refractivity contribution is 8.18. The number of imide groups is 1. The highest BCUT2D eigenvalue weighted by atomic mass is 35.5. The third-order valence-corrected chi connectivity index (χ3v) is 6.04. The molecule has 2 heterocycles. The second-order valence-corrected chi connectivity index (χ2v) is 8.41. The van der Waals surface area contributed by atoms with Crippen molar-refractivity contribution in [2.75, 3.05) is 18.5 Å². The molecule has 4 nitrogen and oxygen atoms in total. The number of carbonyl (C=O) groups is 2. The van der Waals surface area contributed by atoms with Crippen molar-refractivity contribution in [2.24, 2.45) is 0 Å². The molecule has 6 heteroatoms. The molecule has 2 aliphatic rings. The summed E-state index contributed by atoms with van der Waals surface area (Å²) in [5.41, 5.74) is 3.92. The van der Waals surface area contributed by atoms with Crippen molar-refractivity contribution >= 4 is 51.8 Å². The summed E-state index contributed by atoms with van der Waals surface area (Å²) in [5, 5.41) is 0.268. The van der Waals surface area contributed by atoms with E-state index < -0.39 is 0 Å². The Kier molecular flexibility index (Phi) is 4.80. The zero-order valence-corrected chi connectivity index (χ0v) is 16.9. The molecule has 0 aliphatic carbocycles. The smallest absolute Gasteiger partial charge is 0.293 e. The van der Waals surface area contributed by atoms with Gasteiger partial charge in [-0.05, 0) is 61.9 Å². The highest BCUT2D eigenvalue weighted by Crippen LogP contribution is 2.42. The number of amides is 2. The van der Waals surface area contributed by atoms with Gasteiger partial charge in [-0.25, -0.2) is 0 Å². The lowest BCUT2D eigenvalue weighted by Gasteiger charge is -2.40. The van der Waals surface area contributed by atoms with E-state index in [1.165, 1.54) is 11.0 Å². The van der Waals surface area contributed by atoms with Crippen molar-refractivity contribution in [1.29, 1.82) is 0 Å². The standard InChI is InChI=1S/C20H21ClN2O2S/c1-6-7-23-18(24)17(26-19(23)25)9-13-8-14-12(2)11-20(3,4)22(5)16(14)10-15(13)21/h6,8-11H,1,7H2,2-5H3/b17-9-. The summed E-state index contributed by atoms with van der Waals surface area (Å²) in [6, 6.07) is 3.91. The number of likely N-dealkylation sites (N-methyl/N-ethyl adjacent to an activating group) is 1. The lowest BCUT2D eigenvalue weighted by Crippen LogP contribution is -2.42. The molecule has 0 bridgehead atoms. The fourth-order valence-electron chi connectivity index (χ4n) is 3.23. The van der Waals surface area contributed by atoms with Crippen LogP contribution in [0.2, 0.25) is 5.02 Å². The molecule has 3 rings (SSSR count). The van der Waals surface area contributed by atoms with Crippen molar-refractivity contribution < 1.29 is 9.59 Å². The van der Waals surface area contributed by atoms with Gasteiger partial charge in [0.25, 0.3) is 11.1 Å². The van der Waals surface area contributed by atoms with E-state index in [1.807, 2.05) is 19.2 Å². The Hall–Kier alpha value is -1.98. The van der Waals surface area contributed by atoms with Gasteiger partial charge in [-0.2, -0.15) is 0 Å². The first-order valence-electron chi connectivity index (χ1n) is 8.29. The molecule has 1 aromatic rings. The van der Waals surface area contributed by atoms with E-state index in [1.54, 1.807) is 6.08 Å². The number of carbonyl (C=O) groups excluding carboxylic acids is 2. The molecule has 1 fully saturated rings. The third-order valence-electron chi connectivity index (χ3n) is 4.81. The summed E-state index contributed by atoms with van der Waals surface area (Å²) >= 11 is 7.43. The molecule has 136 valence electrons. The number of thioether (sulfide) groups is 1. The Morgan fingerprint density at radius 1 is 1.31 bits per heavy atom. The van der Waals surface area contributed by atoms with E-state index >= 15 is 0 Å². The van der Waals surface area contributed by atoms with E-state index in [0.717, 1.165) is 34.1 Å². The number of benzene rings is 1. The minimum atomic E-state index is -0.306. The van der Waals surface area contributed by atoms with Gasteiger partial charge in [-0.15, -0.1) is 6.58 Å². The Morgan fingerprint density at radius 2 is 2.00 bits per heavy atom. The number of hydrogen-bond donors (Lipinski definition) is 0. The second kappa shape index (κ2) is 6.63. The van der Waals surface area contributed by atoms with Crippen LogP contribution in [0.5, 0.6) is 0 Å². The van der Waals surface area contributed by atoms with E-state index in [-0.39, 0.29) is 23.2 Å². The molecule has 0 spiro atoms. The SMILES string of the molecule is C=CCN1C(=O)S/C(=C\c2cc3c(cc2Cl)N(C)C(C)(C)C=C3C)C1=O.